The average Bonchev–Trinajstić information content (AvgIpc) is 3.14. The van der Waals surface area contributed by atoms with Gasteiger partial charge in [0.15, 0.2) is 5.96 Å². The lowest BCUT2D eigenvalue weighted by molar-refractivity contribution is 0.0341. The van der Waals surface area contributed by atoms with Crippen molar-refractivity contribution >= 4 is 5.96 Å². The molecule has 1 aromatic carbocycles. The molecule has 1 fully saturated rings. The van der Waals surface area contributed by atoms with Gasteiger partial charge in [-0.25, -0.2) is 0 Å². The summed E-state index contributed by atoms with van der Waals surface area (Å²) in [6.07, 6.45) is 4.95. The van der Waals surface area contributed by atoms with Crippen LogP contribution in [0.25, 0.3) is 0 Å². The molecule has 1 aromatic heterocycles. The van der Waals surface area contributed by atoms with E-state index in [0.29, 0.717) is 0 Å². The van der Waals surface area contributed by atoms with Crippen LogP contribution in [0, 0.1) is 6.92 Å². The number of hydrogen-bond donors (Lipinski definition) is 2. The zero-order valence-corrected chi connectivity index (χ0v) is 17.0. The van der Waals surface area contributed by atoms with Gasteiger partial charge in [-0.2, -0.15) is 5.10 Å². The summed E-state index contributed by atoms with van der Waals surface area (Å²) < 4.78 is 7.44. The fourth-order valence-electron chi connectivity index (χ4n) is 3.32. The Bertz CT molecular complexity index is 751. The fourth-order valence-corrected chi connectivity index (χ4v) is 3.32. The molecule has 1 saturated heterocycles. The number of morpholine rings is 1. The Morgan fingerprint density at radius 2 is 1.96 bits per heavy atom. The Balaban J connectivity index is 1.44. The maximum Gasteiger partial charge on any atom is 0.191 e. The first-order valence-electron chi connectivity index (χ1n) is 10.0. The maximum absolute atomic E-state index is 5.45. The highest BCUT2D eigenvalue weighted by Gasteiger charge is 2.12. The molecule has 0 aliphatic carbocycles. The van der Waals surface area contributed by atoms with Crippen LogP contribution in [-0.4, -0.2) is 60.5 Å². The predicted molar refractivity (Wildman–Crippen MR) is 112 cm³/mol. The molecule has 0 unspecified atom stereocenters. The van der Waals surface area contributed by atoms with Gasteiger partial charge in [-0.05, 0) is 30.0 Å². The van der Waals surface area contributed by atoms with Crippen molar-refractivity contribution < 1.29 is 4.74 Å². The number of guanidine groups is 1. The smallest absolute Gasteiger partial charge is 0.191 e. The maximum atomic E-state index is 5.45. The molecule has 3 rings (SSSR count). The Morgan fingerprint density at radius 1 is 1.18 bits per heavy atom. The summed E-state index contributed by atoms with van der Waals surface area (Å²) >= 11 is 0. The lowest BCUT2D eigenvalue weighted by atomic mass is 10.1. The highest BCUT2D eigenvalue weighted by molar-refractivity contribution is 5.79. The second kappa shape index (κ2) is 10.8. The van der Waals surface area contributed by atoms with Gasteiger partial charge in [0.2, 0.25) is 0 Å². The largest absolute Gasteiger partial charge is 0.379 e. The Labute approximate surface area is 167 Å². The Hall–Kier alpha value is -2.38. The topological polar surface area (TPSA) is 66.7 Å². The molecule has 2 aromatic rings. The van der Waals surface area contributed by atoms with E-state index in [0.717, 1.165) is 64.9 Å². The zero-order chi connectivity index (χ0) is 19.6. The third kappa shape index (κ3) is 6.35. The molecule has 28 heavy (non-hydrogen) atoms. The van der Waals surface area contributed by atoms with E-state index >= 15 is 0 Å². The van der Waals surface area contributed by atoms with Crippen LogP contribution >= 0.6 is 0 Å². The average molecular weight is 385 g/mol. The third-order valence-corrected chi connectivity index (χ3v) is 4.90. The molecular formula is C21H32N6O. The number of nitrogens with one attached hydrogen (secondary N) is 2. The minimum absolute atomic E-state index is 0.762. The summed E-state index contributed by atoms with van der Waals surface area (Å²) in [6, 6.07) is 8.62. The van der Waals surface area contributed by atoms with E-state index in [4.69, 9.17) is 4.74 Å². The summed E-state index contributed by atoms with van der Waals surface area (Å²) in [7, 11) is 1.81. The molecule has 0 spiro atoms. The van der Waals surface area contributed by atoms with Crippen LogP contribution in [0.2, 0.25) is 0 Å². The van der Waals surface area contributed by atoms with Crippen molar-refractivity contribution in [2.45, 2.75) is 33.0 Å². The highest BCUT2D eigenvalue weighted by Crippen LogP contribution is 2.13. The molecule has 1 aliphatic rings. The van der Waals surface area contributed by atoms with Crippen molar-refractivity contribution in [2.75, 3.05) is 39.9 Å². The number of aryl methyl sites for hydroxylation is 2. The zero-order valence-electron chi connectivity index (χ0n) is 17.0. The van der Waals surface area contributed by atoms with Crippen LogP contribution in [-0.2, 0) is 24.4 Å². The van der Waals surface area contributed by atoms with Crippen molar-refractivity contribution in [1.82, 2.24) is 25.3 Å². The van der Waals surface area contributed by atoms with Crippen molar-refractivity contribution in [1.29, 1.82) is 0 Å². The van der Waals surface area contributed by atoms with Gasteiger partial charge in [0.1, 0.15) is 0 Å². The van der Waals surface area contributed by atoms with Gasteiger partial charge in [-0.15, -0.1) is 0 Å². The first kappa shape index (κ1) is 20.4. The van der Waals surface area contributed by atoms with Gasteiger partial charge in [-0.1, -0.05) is 24.3 Å². The van der Waals surface area contributed by atoms with Crippen LogP contribution in [0.1, 0.15) is 23.1 Å². The van der Waals surface area contributed by atoms with Gasteiger partial charge in [-0.3, -0.25) is 14.6 Å². The lowest BCUT2D eigenvalue weighted by Crippen LogP contribution is -2.38. The summed E-state index contributed by atoms with van der Waals surface area (Å²) in [5.41, 5.74) is 3.87. The number of benzene rings is 1. The quantitative estimate of drug-likeness (QED) is 0.413. The molecule has 7 heteroatoms. The van der Waals surface area contributed by atoms with Crippen LogP contribution in [0.15, 0.2) is 41.7 Å². The van der Waals surface area contributed by atoms with E-state index in [9.17, 15) is 0 Å². The first-order chi connectivity index (χ1) is 13.7. The molecule has 0 radical (unpaired) electrons. The van der Waals surface area contributed by atoms with E-state index in [1.165, 1.54) is 16.7 Å². The van der Waals surface area contributed by atoms with E-state index in [-0.39, 0.29) is 0 Å². The number of nitrogens with zero attached hydrogens (tertiary/aromatic N) is 4. The first-order valence-corrected chi connectivity index (χ1v) is 10.0. The molecule has 0 saturated carbocycles. The SMILES string of the molecule is CN=C(NCCCn1cc(C)cn1)NCc1ccccc1CN1CCOCC1. The van der Waals surface area contributed by atoms with E-state index in [2.05, 4.69) is 63.0 Å². The molecular weight excluding hydrogens is 352 g/mol. The number of ether oxygens (including phenoxy) is 1. The minimum atomic E-state index is 0.762. The third-order valence-electron chi connectivity index (χ3n) is 4.90. The predicted octanol–water partition coefficient (Wildman–Crippen LogP) is 1.78. The molecule has 2 N–H and O–H groups in total. The van der Waals surface area contributed by atoms with E-state index in [1.54, 1.807) is 0 Å². The monoisotopic (exact) mass is 384 g/mol. The number of aromatic nitrogens is 2. The summed E-state index contributed by atoms with van der Waals surface area (Å²) in [4.78, 5) is 6.79. The Morgan fingerprint density at radius 3 is 2.68 bits per heavy atom. The van der Waals surface area contributed by atoms with Crippen LogP contribution in [0.5, 0.6) is 0 Å². The number of aliphatic imine (C=N–C) groups is 1. The molecule has 2 heterocycles. The van der Waals surface area contributed by atoms with Crippen LogP contribution in [0.3, 0.4) is 0 Å². The molecule has 7 nitrogen and oxygen atoms in total. The van der Waals surface area contributed by atoms with Gasteiger partial charge >= 0.3 is 0 Å². The molecule has 0 amide bonds. The molecule has 152 valence electrons. The highest BCUT2D eigenvalue weighted by atomic mass is 16.5. The van der Waals surface area contributed by atoms with Crippen molar-refractivity contribution in [3.8, 4) is 0 Å². The standard InChI is InChI=1S/C21H32N6O/c1-18-14-25-27(16-18)9-5-8-23-21(22-2)24-15-19-6-3-4-7-20(19)17-26-10-12-28-13-11-26/h3-4,6-7,14,16H,5,8-13,15,17H2,1-2H3,(H2,22,23,24). The second-order valence-corrected chi connectivity index (χ2v) is 7.14. The number of hydrogen-bond acceptors (Lipinski definition) is 4. The molecule has 0 atom stereocenters. The summed E-state index contributed by atoms with van der Waals surface area (Å²) in [6.45, 7) is 9.21. The minimum Gasteiger partial charge on any atom is -0.379 e. The van der Waals surface area contributed by atoms with Gasteiger partial charge in [0.05, 0.1) is 19.4 Å². The van der Waals surface area contributed by atoms with Crippen LogP contribution in [0.4, 0.5) is 0 Å². The Kier molecular flexibility index (Phi) is 7.87. The summed E-state index contributed by atoms with van der Waals surface area (Å²) in [5.74, 6) is 0.831. The van der Waals surface area contributed by atoms with Gasteiger partial charge < -0.3 is 15.4 Å². The second-order valence-electron chi connectivity index (χ2n) is 7.14. The lowest BCUT2D eigenvalue weighted by Gasteiger charge is -2.27. The fraction of sp³-hybridized carbons (Fsp3) is 0.524. The van der Waals surface area contributed by atoms with Crippen LogP contribution < -0.4 is 10.6 Å². The van der Waals surface area contributed by atoms with E-state index < -0.39 is 0 Å². The number of rotatable bonds is 8. The van der Waals surface area contributed by atoms with E-state index in [1.807, 2.05) is 17.9 Å². The van der Waals surface area contributed by atoms with Gasteiger partial charge in [0.25, 0.3) is 0 Å². The van der Waals surface area contributed by atoms with Crippen molar-refractivity contribution in [2.24, 2.45) is 4.99 Å². The molecule has 1 aliphatic heterocycles. The normalized spacial score (nSPS) is 15.6. The van der Waals surface area contributed by atoms with Crippen molar-refractivity contribution in [3.05, 3.63) is 53.3 Å². The molecule has 0 bridgehead atoms. The van der Waals surface area contributed by atoms with Crippen molar-refractivity contribution in [3.63, 3.8) is 0 Å². The van der Waals surface area contributed by atoms with Gasteiger partial charge in [0, 0.05) is 52.5 Å². The summed E-state index contributed by atoms with van der Waals surface area (Å²) in [5, 5.41) is 11.1.